The number of nitrogens with one attached hydrogen (secondary N) is 1. The molecule has 1 fully saturated rings. The number of benzene rings is 2. The number of urea groups is 1. The maximum atomic E-state index is 12.6. The Hall–Kier alpha value is -3.15. The van der Waals surface area contributed by atoms with Crippen molar-refractivity contribution in [3.05, 3.63) is 71.3 Å². The fraction of sp³-hybridized carbons (Fsp3) is 0.250. The second kappa shape index (κ2) is 7.39. The highest BCUT2D eigenvalue weighted by molar-refractivity contribution is 6.04. The first-order valence-corrected chi connectivity index (χ1v) is 8.42. The number of hydrogen-bond donors (Lipinski definition) is 1. The number of nitrogens with zero attached hydrogens (tertiary/aromatic N) is 1. The van der Waals surface area contributed by atoms with Crippen LogP contribution in [-0.4, -0.2) is 28.9 Å². The van der Waals surface area contributed by atoms with Crippen molar-refractivity contribution in [2.45, 2.75) is 32.5 Å². The van der Waals surface area contributed by atoms with Crippen molar-refractivity contribution in [2.75, 3.05) is 0 Å². The van der Waals surface area contributed by atoms with Crippen molar-refractivity contribution in [3.63, 3.8) is 0 Å². The lowest BCUT2D eigenvalue weighted by molar-refractivity contribution is -0.128. The van der Waals surface area contributed by atoms with Gasteiger partial charge in [0.1, 0.15) is 6.04 Å². The van der Waals surface area contributed by atoms with Crippen LogP contribution in [0.5, 0.6) is 0 Å². The van der Waals surface area contributed by atoms with Gasteiger partial charge in [-0.2, -0.15) is 0 Å². The lowest BCUT2D eigenvalue weighted by atomic mass is 10.1. The van der Waals surface area contributed by atoms with Crippen molar-refractivity contribution >= 4 is 17.9 Å². The molecular weight excluding hydrogens is 332 g/mol. The zero-order valence-corrected chi connectivity index (χ0v) is 14.6. The average Bonchev–Trinajstić information content (AvgIpc) is 2.90. The van der Waals surface area contributed by atoms with Gasteiger partial charge in [-0.1, -0.05) is 42.5 Å². The van der Waals surface area contributed by atoms with E-state index in [0.29, 0.717) is 11.1 Å². The molecular formula is C20H20N2O4. The molecule has 1 N–H and O–H groups in total. The zero-order valence-electron chi connectivity index (χ0n) is 14.6. The molecule has 1 aliphatic heterocycles. The SMILES string of the molecule is CC(C)OC(=O)c1cccc(CN2C(=O)NC(c3ccccc3)C2=O)c1. The summed E-state index contributed by atoms with van der Waals surface area (Å²) in [4.78, 5) is 38.1. The molecule has 0 spiro atoms. The zero-order chi connectivity index (χ0) is 18.7. The number of ether oxygens (including phenoxy) is 1. The first kappa shape index (κ1) is 17.7. The van der Waals surface area contributed by atoms with Crippen LogP contribution in [0.15, 0.2) is 54.6 Å². The summed E-state index contributed by atoms with van der Waals surface area (Å²) in [6.45, 7) is 3.65. The predicted octanol–water partition coefficient (Wildman–Crippen LogP) is 3.04. The summed E-state index contributed by atoms with van der Waals surface area (Å²) < 4.78 is 5.18. The minimum absolute atomic E-state index is 0.0940. The van der Waals surface area contributed by atoms with Gasteiger partial charge in [-0.3, -0.25) is 9.69 Å². The summed E-state index contributed by atoms with van der Waals surface area (Å²) in [5, 5.41) is 2.70. The molecule has 3 rings (SSSR count). The van der Waals surface area contributed by atoms with E-state index in [1.54, 1.807) is 50.2 Å². The van der Waals surface area contributed by atoms with Gasteiger partial charge in [0.2, 0.25) is 0 Å². The Balaban J connectivity index is 1.76. The fourth-order valence-corrected chi connectivity index (χ4v) is 2.80. The maximum absolute atomic E-state index is 12.6. The molecule has 1 saturated heterocycles. The van der Waals surface area contributed by atoms with Crippen molar-refractivity contribution in [1.82, 2.24) is 10.2 Å². The van der Waals surface area contributed by atoms with E-state index in [1.165, 1.54) is 0 Å². The lowest BCUT2D eigenvalue weighted by Crippen LogP contribution is -2.30. The molecule has 0 aliphatic carbocycles. The van der Waals surface area contributed by atoms with Crippen LogP contribution in [0.3, 0.4) is 0 Å². The van der Waals surface area contributed by atoms with Gasteiger partial charge < -0.3 is 10.1 Å². The molecule has 3 amide bonds. The van der Waals surface area contributed by atoms with Crippen LogP contribution in [0.1, 0.15) is 41.4 Å². The predicted molar refractivity (Wildman–Crippen MR) is 95.3 cm³/mol. The van der Waals surface area contributed by atoms with Gasteiger partial charge in [-0.25, -0.2) is 9.59 Å². The summed E-state index contributed by atoms with van der Waals surface area (Å²) >= 11 is 0. The third-order valence-electron chi connectivity index (χ3n) is 4.00. The Labute approximate surface area is 151 Å². The van der Waals surface area contributed by atoms with Crippen molar-refractivity contribution in [2.24, 2.45) is 0 Å². The summed E-state index contributed by atoms with van der Waals surface area (Å²) in [7, 11) is 0. The summed E-state index contributed by atoms with van der Waals surface area (Å²) in [6, 6.07) is 14.7. The molecule has 1 unspecified atom stereocenters. The molecule has 6 nitrogen and oxygen atoms in total. The van der Waals surface area contributed by atoms with Crippen molar-refractivity contribution < 1.29 is 19.1 Å². The standard InChI is InChI=1S/C20H20N2O4/c1-13(2)26-19(24)16-10-6-7-14(11-16)12-22-18(23)17(21-20(22)25)15-8-4-3-5-9-15/h3-11,13,17H,12H2,1-2H3,(H,21,25). The third-order valence-corrected chi connectivity index (χ3v) is 4.00. The molecule has 2 aromatic rings. The first-order chi connectivity index (χ1) is 12.5. The number of carbonyl (C=O) groups excluding carboxylic acids is 3. The molecule has 0 saturated carbocycles. The van der Waals surface area contributed by atoms with E-state index in [2.05, 4.69) is 5.32 Å². The van der Waals surface area contributed by atoms with Crippen LogP contribution < -0.4 is 5.32 Å². The third kappa shape index (κ3) is 3.74. The van der Waals surface area contributed by atoms with Crippen LogP contribution in [0.25, 0.3) is 0 Å². The second-order valence-electron chi connectivity index (χ2n) is 6.37. The topological polar surface area (TPSA) is 75.7 Å². The molecule has 0 radical (unpaired) electrons. The smallest absolute Gasteiger partial charge is 0.338 e. The summed E-state index contributed by atoms with van der Waals surface area (Å²) in [6.07, 6.45) is -0.219. The van der Waals surface area contributed by atoms with Gasteiger partial charge in [0.25, 0.3) is 5.91 Å². The highest BCUT2D eigenvalue weighted by atomic mass is 16.5. The van der Waals surface area contributed by atoms with E-state index < -0.39 is 18.0 Å². The highest BCUT2D eigenvalue weighted by Gasteiger charge is 2.38. The molecule has 26 heavy (non-hydrogen) atoms. The van der Waals surface area contributed by atoms with E-state index in [-0.39, 0.29) is 18.6 Å². The normalized spacial score (nSPS) is 16.7. The van der Waals surface area contributed by atoms with Gasteiger partial charge in [0.15, 0.2) is 0 Å². The van der Waals surface area contributed by atoms with Gasteiger partial charge in [-0.15, -0.1) is 0 Å². The van der Waals surface area contributed by atoms with Crippen LogP contribution in [0, 0.1) is 0 Å². The van der Waals surface area contributed by atoms with Gasteiger partial charge in [0.05, 0.1) is 18.2 Å². The number of carbonyl (C=O) groups is 3. The van der Waals surface area contributed by atoms with E-state index in [1.807, 2.05) is 18.2 Å². The first-order valence-electron chi connectivity index (χ1n) is 8.42. The second-order valence-corrected chi connectivity index (χ2v) is 6.37. The van der Waals surface area contributed by atoms with Crippen LogP contribution in [-0.2, 0) is 16.1 Å². The lowest BCUT2D eigenvalue weighted by Gasteiger charge is -2.14. The molecule has 6 heteroatoms. The largest absolute Gasteiger partial charge is 0.459 e. The molecule has 2 aromatic carbocycles. The number of amides is 3. The van der Waals surface area contributed by atoms with Gasteiger partial charge >= 0.3 is 12.0 Å². The fourth-order valence-electron chi connectivity index (χ4n) is 2.80. The Kier molecular flexibility index (Phi) is 5.02. The van der Waals surface area contributed by atoms with Crippen molar-refractivity contribution in [3.8, 4) is 0 Å². The van der Waals surface area contributed by atoms with Gasteiger partial charge in [-0.05, 0) is 37.1 Å². The number of rotatable bonds is 5. The molecule has 134 valence electrons. The number of esters is 1. The molecule has 0 aromatic heterocycles. The Morgan fingerprint density at radius 3 is 2.54 bits per heavy atom. The summed E-state index contributed by atoms with van der Waals surface area (Å²) in [5.41, 5.74) is 1.81. The van der Waals surface area contributed by atoms with Crippen LogP contribution in [0.2, 0.25) is 0 Å². The minimum atomic E-state index is -0.683. The van der Waals surface area contributed by atoms with E-state index in [9.17, 15) is 14.4 Å². The van der Waals surface area contributed by atoms with E-state index in [0.717, 1.165) is 10.5 Å². The average molecular weight is 352 g/mol. The van der Waals surface area contributed by atoms with Crippen molar-refractivity contribution in [1.29, 1.82) is 0 Å². The Morgan fingerprint density at radius 2 is 1.85 bits per heavy atom. The molecule has 1 heterocycles. The number of imide groups is 1. The Morgan fingerprint density at radius 1 is 1.12 bits per heavy atom. The highest BCUT2D eigenvalue weighted by Crippen LogP contribution is 2.23. The van der Waals surface area contributed by atoms with Crippen LogP contribution >= 0.6 is 0 Å². The van der Waals surface area contributed by atoms with Gasteiger partial charge in [0, 0.05) is 0 Å². The quantitative estimate of drug-likeness (QED) is 0.663. The number of hydrogen-bond acceptors (Lipinski definition) is 4. The van der Waals surface area contributed by atoms with E-state index >= 15 is 0 Å². The molecule has 0 bridgehead atoms. The van der Waals surface area contributed by atoms with E-state index in [4.69, 9.17) is 4.74 Å². The monoisotopic (exact) mass is 352 g/mol. The Bertz CT molecular complexity index is 833. The molecule has 1 aliphatic rings. The summed E-state index contributed by atoms with van der Waals surface area (Å²) in [5.74, 6) is -0.738. The van der Waals surface area contributed by atoms with Crippen LogP contribution in [0.4, 0.5) is 4.79 Å². The maximum Gasteiger partial charge on any atom is 0.338 e. The molecule has 1 atom stereocenters. The minimum Gasteiger partial charge on any atom is -0.459 e.